The van der Waals surface area contributed by atoms with E-state index in [4.69, 9.17) is 4.74 Å². The Bertz CT molecular complexity index is 531. The van der Waals surface area contributed by atoms with Gasteiger partial charge in [0.2, 0.25) is 0 Å². The predicted octanol–water partition coefficient (Wildman–Crippen LogP) is 4.26. The molecule has 0 aliphatic carbocycles. The van der Waals surface area contributed by atoms with E-state index in [1.54, 1.807) is 0 Å². The van der Waals surface area contributed by atoms with Gasteiger partial charge in [0.05, 0.1) is 6.61 Å². The summed E-state index contributed by atoms with van der Waals surface area (Å²) >= 11 is 0. The summed E-state index contributed by atoms with van der Waals surface area (Å²) in [4.78, 5) is 0. The van der Waals surface area contributed by atoms with Gasteiger partial charge in [-0.3, -0.25) is 0 Å². The highest BCUT2D eigenvalue weighted by atomic mass is 16.5. The SMILES string of the molecule is CCCCOc1ccc(C(O)c2ccccc2C)cc1. The van der Waals surface area contributed by atoms with Crippen LogP contribution in [0.2, 0.25) is 0 Å². The van der Waals surface area contributed by atoms with Crippen molar-refractivity contribution in [3.8, 4) is 5.75 Å². The molecule has 0 spiro atoms. The van der Waals surface area contributed by atoms with Gasteiger partial charge in [0.15, 0.2) is 0 Å². The van der Waals surface area contributed by atoms with Crippen LogP contribution in [0.4, 0.5) is 0 Å². The highest BCUT2D eigenvalue weighted by Crippen LogP contribution is 2.26. The molecule has 2 rings (SSSR count). The fourth-order valence-corrected chi connectivity index (χ4v) is 2.15. The fourth-order valence-electron chi connectivity index (χ4n) is 2.15. The first-order valence-corrected chi connectivity index (χ1v) is 7.18. The monoisotopic (exact) mass is 270 g/mol. The molecule has 0 aliphatic heterocycles. The molecule has 2 heteroatoms. The van der Waals surface area contributed by atoms with Gasteiger partial charge in [0.1, 0.15) is 11.9 Å². The zero-order chi connectivity index (χ0) is 14.4. The van der Waals surface area contributed by atoms with E-state index in [-0.39, 0.29) is 0 Å². The third-order valence-corrected chi connectivity index (χ3v) is 3.45. The van der Waals surface area contributed by atoms with Crippen LogP contribution in [-0.4, -0.2) is 11.7 Å². The van der Waals surface area contributed by atoms with Gasteiger partial charge >= 0.3 is 0 Å². The number of benzene rings is 2. The Morgan fingerprint density at radius 3 is 2.40 bits per heavy atom. The zero-order valence-electron chi connectivity index (χ0n) is 12.2. The van der Waals surface area contributed by atoms with Crippen LogP contribution in [0.5, 0.6) is 5.75 Å². The Hall–Kier alpha value is -1.80. The lowest BCUT2D eigenvalue weighted by molar-refractivity contribution is 0.219. The van der Waals surface area contributed by atoms with Gasteiger partial charge in [-0.1, -0.05) is 49.7 Å². The van der Waals surface area contributed by atoms with E-state index in [0.717, 1.165) is 41.9 Å². The minimum Gasteiger partial charge on any atom is -0.494 e. The molecule has 0 heterocycles. The number of aliphatic hydroxyl groups excluding tert-OH is 1. The van der Waals surface area contributed by atoms with E-state index in [9.17, 15) is 5.11 Å². The summed E-state index contributed by atoms with van der Waals surface area (Å²) < 4.78 is 5.63. The standard InChI is InChI=1S/C18H22O2/c1-3-4-13-20-16-11-9-15(10-12-16)18(19)17-8-6-5-7-14(17)2/h5-12,18-19H,3-4,13H2,1-2H3. The average molecular weight is 270 g/mol. The summed E-state index contributed by atoms with van der Waals surface area (Å²) in [5.74, 6) is 0.860. The number of unbranched alkanes of at least 4 members (excludes halogenated alkanes) is 1. The lowest BCUT2D eigenvalue weighted by atomic mass is 9.97. The first-order chi connectivity index (χ1) is 9.72. The molecule has 0 bridgehead atoms. The lowest BCUT2D eigenvalue weighted by Crippen LogP contribution is -2.02. The fraction of sp³-hybridized carbons (Fsp3) is 0.333. The Kier molecular flexibility index (Phi) is 5.19. The van der Waals surface area contributed by atoms with Crippen molar-refractivity contribution in [1.29, 1.82) is 0 Å². The smallest absolute Gasteiger partial charge is 0.119 e. The molecule has 2 aromatic rings. The minimum absolute atomic E-state index is 0.583. The zero-order valence-corrected chi connectivity index (χ0v) is 12.2. The maximum atomic E-state index is 10.4. The Morgan fingerprint density at radius 1 is 1.05 bits per heavy atom. The molecular formula is C18H22O2. The normalized spacial score (nSPS) is 12.2. The van der Waals surface area contributed by atoms with Gasteiger partial charge in [-0.15, -0.1) is 0 Å². The molecule has 0 aliphatic rings. The van der Waals surface area contributed by atoms with Gasteiger partial charge in [0, 0.05) is 0 Å². The molecule has 1 N–H and O–H groups in total. The Morgan fingerprint density at radius 2 is 1.75 bits per heavy atom. The molecule has 1 atom stereocenters. The summed E-state index contributed by atoms with van der Waals surface area (Å²) in [6.07, 6.45) is 1.61. The summed E-state index contributed by atoms with van der Waals surface area (Å²) in [7, 11) is 0. The summed E-state index contributed by atoms with van der Waals surface area (Å²) in [5.41, 5.74) is 2.94. The Labute approximate surface area is 121 Å². The van der Waals surface area contributed by atoms with Crippen molar-refractivity contribution in [2.45, 2.75) is 32.8 Å². The summed E-state index contributed by atoms with van der Waals surface area (Å²) in [6.45, 7) is 4.90. The summed E-state index contributed by atoms with van der Waals surface area (Å²) in [6, 6.07) is 15.6. The van der Waals surface area contributed by atoms with Crippen LogP contribution in [0.15, 0.2) is 48.5 Å². The van der Waals surface area contributed by atoms with E-state index in [1.165, 1.54) is 0 Å². The van der Waals surface area contributed by atoms with Crippen molar-refractivity contribution >= 4 is 0 Å². The molecule has 2 aromatic carbocycles. The number of aryl methyl sites for hydroxylation is 1. The molecule has 1 unspecified atom stereocenters. The van der Waals surface area contributed by atoms with Gasteiger partial charge in [-0.05, 0) is 42.2 Å². The van der Waals surface area contributed by atoms with E-state index in [2.05, 4.69) is 6.92 Å². The van der Waals surface area contributed by atoms with E-state index in [0.29, 0.717) is 0 Å². The molecule has 106 valence electrons. The predicted molar refractivity (Wildman–Crippen MR) is 82.1 cm³/mol. The van der Waals surface area contributed by atoms with Gasteiger partial charge in [-0.25, -0.2) is 0 Å². The van der Waals surface area contributed by atoms with Crippen molar-refractivity contribution in [2.24, 2.45) is 0 Å². The molecule has 2 nitrogen and oxygen atoms in total. The van der Waals surface area contributed by atoms with Crippen molar-refractivity contribution in [3.63, 3.8) is 0 Å². The van der Waals surface area contributed by atoms with E-state index >= 15 is 0 Å². The van der Waals surface area contributed by atoms with Crippen LogP contribution in [0.1, 0.15) is 42.6 Å². The van der Waals surface area contributed by atoms with Crippen molar-refractivity contribution in [3.05, 3.63) is 65.2 Å². The van der Waals surface area contributed by atoms with Crippen LogP contribution < -0.4 is 4.74 Å². The maximum absolute atomic E-state index is 10.4. The highest BCUT2D eigenvalue weighted by Gasteiger charge is 2.12. The number of hydrogen-bond donors (Lipinski definition) is 1. The second-order valence-electron chi connectivity index (χ2n) is 5.03. The van der Waals surface area contributed by atoms with Crippen LogP contribution in [0.3, 0.4) is 0 Å². The number of aliphatic hydroxyl groups is 1. The van der Waals surface area contributed by atoms with Crippen LogP contribution in [0.25, 0.3) is 0 Å². The number of rotatable bonds is 6. The molecule has 0 radical (unpaired) electrons. The van der Waals surface area contributed by atoms with E-state index < -0.39 is 6.10 Å². The molecule has 0 fully saturated rings. The van der Waals surface area contributed by atoms with Gasteiger partial charge < -0.3 is 9.84 Å². The second kappa shape index (κ2) is 7.11. The number of ether oxygens (including phenoxy) is 1. The van der Waals surface area contributed by atoms with E-state index in [1.807, 2.05) is 55.5 Å². The lowest BCUT2D eigenvalue weighted by Gasteiger charge is -2.14. The van der Waals surface area contributed by atoms with Crippen molar-refractivity contribution in [2.75, 3.05) is 6.61 Å². The van der Waals surface area contributed by atoms with Crippen LogP contribution in [0, 0.1) is 6.92 Å². The average Bonchev–Trinajstić information content (AvgIpc) is 2.48. The van der Waals surface area contributed by atoms with Gasteiger partial charge in [-0.2, -0.15) is 0 Å². The van der Waals surface area contributed by atoms with Crippen LogP contribution in [-0.2, 0) is 0 Å². The highest BCUT2D eigenvalue weighted by molar-refractivity contribution is 5.37. The molecule has 0 saturated carbocycles. The topological polar surface area (TPSA) is 29.5 Å². The molecule has 0 aromatic heterocycles. The minimum atomic E-state index is -0.583. The molecule has 20 heavy (non-hydrogen) atoms. The quantitative estimate of drug-likeness (QED) is 0.795. The largest absolute Gasteiger partial charge is 0.494 e. The third-order valence-electron chi connectivity index (χ3n) is 3.45. The summed E-state index contributed by atoms with van der Waals surface area (Å²) in [5, 5.41) is 10.4. The molecule has 0 amide bonds. The maximum Gasteiger partial charge on any atom is 0.119 e. The molecule has 0 saturated heterocycles. The first kappa shape index (κ1) is 14.6. The van der Waals surface area contributed by atoms with Crippen molar-refractivity contribution < 1.29 is 9.84 Å². The number of hydrogen-bond acceptors (Lipinski definition) is 2. The molecular weight excluding hydrogens is 248 g/mol. The van der Waals surface area contributed by atoms with Crippen LogP contribution >= 0.6 is 0 Å². The third kappa shape index (κ3) is 3.61. The first-order valence-electron chi connectivity index (χ1n) is 7.18. The second-order valence-corrected chi connectivity index (χ2v) is 5.03. The van der Waals surface area contributed by atoms with Crippen molar-refractivity contribution in [1.82, 2.24) is 0 Å². The van der Waals surface area contributed by atoms with Gasteiger partial charge in [0.25, 0.3) is 0 Å². The Balaban J connectivity index is 2.08.